The number of rotatable bonds is 4. The number of nitrogens with two attached hydrogens (primary N) is 2. The maximum absolute atomic E-state index is 11.7. The number of benzene rings is 1. The van der Waals surface area contributed by atoms with Gasteiger partial charge >= 0.3 is 5.97 Å². The fourth-order valence-corrected chi connectivity index (χ4v) is 2.58. The molecule has 0 aliphatic rings. The summed E-state index contributed by atoms with van der Waals surface area (Å²) in [5.41, 5.74) is 8.08. The molecule has 6 nitrogen and oxygen atoms in total. The number of hydrogen-bond donors (Lipinski definition) is 3. The average Bonchev–Trinajstić information content (AvgIpc) is 2.17. The smallest absolute Gasteiger partial charge is 0.339 e. The van der Waals surface area contributed by atoms with Crippen molar-refractivity contribution in [2.45, 2.75) is 10.6 Å². The highest BCUT2D eigenvalue weighted by Crippen LogP contribution is 2.12. The molecule has 1 rings (SSSR count). The van der Waals surface area contributed by atoms with Crippen molar-refractivity contribution in [1.29, 1.82) is 0 Å². The molecule has 0 spiro atoms. The van der Waals surface area contributed by atoms with E-state index in [1.54, 1.807) is 6.07 Å². The minimum atomic E-state index is -3.79. The Morgan fingerprint density at radius 2 is 1.75 bits per heavy atom. The lowest BCUT2D eigenvalue weighted by Crippen LogP contribution is -2.60. The third-order valence-electron chi connectivity index (χ3n) is 1.93. The number of hydrogen-bond acceptors (Lipinski definition) is 5. The van der Waals surface area contributed by atoms with E-state index in [1.807, 2.05) is 0 Å². The standard InChI is InChI=1S/C9H12N2O4S/c10-9(11,8(12)13)6-16(14,15)7-4-2-1-3-5-7/h1-5H,6,10-11H2,(H,12,13). The maximum Gasteiger partial charge on any atom is 0.339 e. The summed E-state index contributed by atoms with van der Waals surface area (Å²) >= 11 is 0. The van der Waals surface area contributed by atoms with Crippen LogP contribution >= 0.6 is 0 Å². The van der Waals surface area contributed by atoms with Crippen molar-refractivity contribution in [1.82, 2.24) is 0 Å². The maximum atomic E-state index is 11.7. The van der Waals surface area contributed by atoms with Crippen LogP contribution in [0.1, 0.15) is 0 Å². The first-order valence-electron chi connectivity index (χ1n) is 4.35. The predicted molar refractivity (Wildman–Crippen MR) is 57.2 cm³/mol. The molecule has 0 bridgehead atoms. The lowest BCUT2D eigenvalue weighted by atomic mass is 10.2. The molecule has 0 saturated heterocycles. The molecule has 7 heteroatoms. The minimum absolute atomic E-state index is 0.00322. The monoisotopic (exact) mass is 244 g/mol. The van der Waals surface area contributed by atoms with Crippen LogP contribution < -0.4 is 11.5 Å². The third kappa shape index (κ3) is 2.78. The van der Waals surface area contributed by atoms with Gasteiger partial charge in [-0.1, -0.05) is 18.2 Å². The normalized spacial score (nSPS) is 12.4. The van der Waals surface area contributed by atoms with Gasteiger partial charge in [0.15, 0.2) is 15.5 Å². The van der Waals surface area contributed by atoms with Gasteiger partial charge in [0.25, 0.3) is 0 Å². The van der Waals surface area contributed by atoms with Crippen molar-refractivity contribution in [3.63, 3.8) is 0 Å². The van der Waals surface area contributed by atoms with Crippen LogP contribution in [-0.2, 0) is 14.6 Å². The molecule has 5 N–H and O–H groups in total. The van der Waals surface area contributed by atoms with Crippen LogP contribution in [-0.4, -0.2) is 30.9 Å². The second-order valence-electron chi connectivity index (χ2n) is 3.42. The number of carbonyl (C=O) groups is 1. The molecule has 0 aliphatic heterocycles. The molecule has 0 radical (unpaired) electrons. The van der Waals surface area contributed by atoms with E-state index in [4.69, 9.17) is 16.6 Å². The molecule has 16 heavy (non-hydrogen) atoms. The number of carboxylic acids is 1. The zero-order valence-electron chi connectivity index (χ0n) is 8.33. The minimum Gasteiger partial charge on any atom is -0.479 e. The zero-order valence-corrected chi connectivity index (χ0v) is 9.15. The van der Waals surface area contributed by atoms with Crippen molar-refractivity contribution in [2.75, 3.05) is 5.75 Å². The summed E-state index contributed by atoms with van der Waals surface area (Å²) in [4.78, 5) is 10.6. The Kier molecular flexibility index (Phi) is 3.32. The van der Waals surface area contributed by atoms with Gasteiger partial charge in [-0.15, -0.1) is 0 Å². The van der Waals surface area contributed by atoms with Gasteiger partial charge in [0.1, 0.15) is 0 Å². The summed E-state index contributed by atoms with van der Waals surface area (Å²) in [6, 6.07) is 7.42. The molecule has 0 amide bonds. The Bertz CT molecular complexity index is 481. The van der Waals surface area contributed by atoms with Crippen molar-refractivity contribution in [3.05, 3.63) is 30.3 Å². The summed E-state index contributed by atoms with van der Waals surface area (Å²) in [6.07, 6.45) is 0. The molecule has 1 aromatic carbocycles. The predicted octanol–water partition coefficient (Wildman–Crippen LogP) is -0.841. The first-order chi connectivity index (χ1) is 7.26. The highest BCUT2D eigenvalue weighted by molar-refractivity contribution is 7.91. The van der Waals surface area contributed by atoms with Crippen molar-refractivity contribution in [2.24, 2.45) is 11.5 Å². The van der Waals surface area contributed by atoms with Crippen molar-refractivity contribution in [3.8, 4) is 0 Å². The first kappa shape index (κ1) is 12.6. The molecule has 0 atom stereocenters. The SMILES string of the molecule is NC(N)(CS(=O)(=O)c1ccccc1)C(=O)O. The van der Waals surface area contributed by atoms with Gasteiger partial charge in [-0.25, -0.2) is 13.2 Å². The number of sulfone groups is 1. The van der Waals surface area contributed by atoms with Crippen LogP contribution in [0.15, 0.2) is 35.2 Å². The quantitative estimate of drug-likeness (QED) is 0.593. The van der Waals surface area contributed by atoms with E-state index in [2.05, 4.69) is 0 Å². The molecular weight excluding hydrogens is 232 g/mol. The molecular formula is C9H12N2O4S. The van der Waals surface area contributed by atoms with Crippen LogP contribution in [0.4, 0.5) is 0 Å². The average molecular weight is 244 g/mol. The van der Waals surface area contributed by atoms with Gasteiger partial charge in [0.05, 0.1) is 10.6 Å². The van der Waals surface area contributed by atoms with Gasteiger partial charge in [0, 0.05) is 0 Å². The number of aliphatic carboxylic acids is 1. The van der Waals surface area contributed by atoms with Gasteiger partial charge in [-0.05, 0) is 12.1 Å². The highest BCUT2D eigenvalue weighted by atomic mass is 32.2. The molecule has 0 fully saturated rings. The van der Waals surface area contributed by atoms with Crippen LogP contribution in [0, 0.1) is 0 Å². The Morgan fingerprint density at radius 3 is 2.19 bits per heavy atom. The van der Waals surface area contributed by atoms with E-state index in [1.165, 1.54) is 24.3 Å². The van der Waals surface area contributed by atoms with E-state index in [-0.39, 0.29) is 4.90 Å². The fraction of sp³-hybridized carbons (Fsp3) is 0.222. The molecule has 88 valence electrons. The van der Waals surface area contributed by atoms with Crippen molar-refractivity contribution >= 4 is 15.8 Å². The second-order valence-corrected chi connectivity index (χ2v) is 5.41. The Balaban J connectivity index is 3.03. The van der Waals surface area contributed by atoms with Gasteiger partial charge < -0.3 is 16.6 Å². The summed E-state index contributed by atoms with van der Waals surface area (Å²) < 4.78 is 23.5. The van der Waals surface area contributed by atoms with Crippen LogP contribution in [0.2, 0.25) is 0 Å². The molecule has 0 aliphatic carbocycles. The largest absolute Gasteiger partial charge is 0.479 e. The van der Waals surface area contributed by atoms with Crippen LogP contribution in [0.25, 0.3) is 0 Å². The lowest BCUT2D eigenvalue weighted by Gasteiger charge is -2.18. The molecule has 0 saturated carbocycles. The van der Waals surface area contributed by atoms with E-state index < -0.39 is 27.2 Å². The fourth-order valence-electron chi connectivity index (χ4n) is 1.09. The van der Waals surface area contributed by atoms with E-state index in [0.29, 0.717) is 0 Å². The highest BCUT2D eigenvalue weighted by Gasteiger charge is 2.35. The van der Waals surface area contributed by atoms with E-state index in [0.717, 1.165) is 0 Å². The first-order valence-corrected chi connectivity index (χ1v) is 6.00. The summed E-state index contributed by atoms with van der Waals surface area (Å²) in [6.45, 7) is 0. The van der Waals surface area contributed by atoms with Gasteiger partial charge in [0.2, 0.25) is 0 Å². The molecule has 1 aromatic rings. The Hall–Kier alpha value is -1.44. The van der Waals surface area contributed by atoms with Crippen LogP contribution in [0.5, 0.6) is 0 Å². The Morgan fingerprint density at radius 1 is 1.25 bits per heavy atom. The number of carboxylic acid groups (broad SMARTS) is 1. The van der Waals surface area contributed by atoms with Gasteiger partial charge in [-0.3, -0.25) is 0 Å². The Labute approximate surface area is 92.8 Å². The van der Waals surface area contributed by atoms with Crippen LogP contribution in [0.3, 0.4) is 0 Å². The summed E-state index contributed by atoms with van der Waals surface area (Å²) in [5, 5.41) is 8.64. The molecule has 0 unspecified atom stereocenters. The molecule has 0 heterocycles. The van der Waals surface area contributed by atoms with Crippen molar-refractivity contribution < 1.29 is 18.3 Å². The third-order valence-corrected chi connectivity index (χ3v) is 3.78. The second kappa shape index (κ2) is 4.20. The summed E-state index contributed by atoms with van der Waals surface area (Å²) in [7, 11) is -3.79. The van der Waals surface area contributed by atoms with E-state index >= 15 is 0 Å². The summed E-state index contributed by atoms with van der Waals surface area (Å²) in [5.74, 6) is -2.41. The lowest BCUT2D eigenvalue weighted by molar-refractivity contribution is -0.142. The molecule has 0 aromatic heterocycles. The van der Waals surface area contributed by atoms with Gasteiger partial charge in [-0.2, -0.15) is 0 Å². The topological polar surface area (TPSA) is 123 Å². The zero-order chi connectivity index (χ0) is 12.4. The van der Waals surface area contributed by atoms with E-state index in [9.17, 15) is 13.2 Å².